The molecule has 2 aliphatic heterocycles. The molecular formula is C20H22O10P2+2. The van der Waals surface area contributed by atoms with E-state index in [1.807, 2.05) is 48.5 Å². The van der Waals surface area contributed by atoms with Crippen LogP contribution in [0.1, 0.15) is 17.4 Å². The summed E-state index contributed by atoms with van der Waals surface area (Å²) in [7, 11) is -6.19. The van der Waals surface area contributed by atoms with Crippen LogP contribution >= 0.6 is 16.5 Å². The molecule has 2 heterocycles. The molecule has 0 saturated carbocycles. The van der Waals surface area contributed by atoms with E-state index in [-0.39, 0.29) is 13.2 Å². The molecule has 0 aliphatic carbocycles. The van der Waals surface area contributed by atoms with Crippen molar-refractivity contribution in [1.29, 1.82) is 0 Å². The van der Waals surface area contributed by atoms with Gasteiger partial charge in [-0.3, -0.25) is 0 Å². The number of hydrogen-bond donors (Lipinski definition) is 2. The average molecular weight is 484 g/mol. The summed E-state index contributed by atoms with van der Waals surface area (Å²) < 4.78 is 56.9. The third-order valence-electron chi connectivity index (χ3n) is 5.04. The molecule has 2 N–H and O–H groups in total. The summed E-state index contributed by atoms with van der Waals surface area (Å²) in [5.41, 5.74) is 1.56. The first-order valence-corrected chi connectivity index (χ1v) is 12.1. The highest BCUT2D eigenvalue weighted by molar-refractivity contribution is 7.32. The lowest BCUT2D eigenvalue weighted by atomic mass is 9.98. The van der Waals surface area contributed by atoms with Crippen molar-refractivity contribution >= 4 is 16.5 Å². The highest BCUT2D eigenvalue weighted by Gasteiger charge is 2.57. The van der Waals surface area contributed by atoms with E-state index in [1.165, 1.54) is 0 Å². The van der Waals surface area contributed by atoms with E-state index in [0.717, 1.165) is 11.1 Å². The standard InChI is InChI=1S/C20H20O10P2/c21-31(22)29-17-16-15(12-26-19(28-16)14-9-5-2-6-10-14)27-20(18(17)30-32(23)24)25-11-13-7-3-1-4-8-13/h1-10,15-20H,11-12H2/p+2/t15-,16+,17+,18-,19?,20-/m1/s1. The molecule has 2 aromatic rings. The summed E-state index contributed by atoms with van der Waals surface area (Å²) in [6, 6.07) is 18.3. The van der Waals surface area contributed by atoms with Crippen molar-refractivity contribution in [2.24, 2.45) is 0 Å². The van der Waals surface area contributed by atoms with Gasteiger partial charge in [-0.2, -0.15) is 0 Å². The Morgan fingerprint density at radius 3 is 2.16 bits per heavy atom. The Morgan fingerprint density at radius 2 is 1.50 bits per heavy atom. The summed E-state index contributed by atoms with van der Waals surface area (Å²) >= 11 is 0. The van der Waals surface area contributed by atoms with Gasteiger partial charge in [-0.15, -0.1) is 18.8 Å². The predicted octanol–water partition coefficient (Wildman–Crippen LogP) is 3.11. The Hall–Kier alpha value is -1.68. The number of fused-ring (bicyclic) bond motifs is 1. The maximum absolute atomic E-state index is 11.6. The van der Waals surface area contributed by atoms with Crippen molar-refractivity contribution < 1.29 is 46.9 Å². The maximum atomic E-state index is 11.6. The predicted molar refractivity (Wildman–Crippen MR) is 109 cm³/mol. The van der Waals surface area contributed by atoms with Crippen LogP contribution in [0.5, 0.6) is 0 Å². The molecule has 0 bridgehead atoms. The van der Waals surface area contributed by atoms with E-state index in [0.29, 0.717) is 0 Å². The van der Waals surface area contributed by atoms with Gasteiger partial charge in [0, 0.05) is 14.7 Å². The average Bonchev–Trinajstić information content (AvgIpc) is 2.80. The number of benzene rings is 2. The zero-order chi connectivity index (χ0) is 22.5. The van der Waals surface area contributed by atoms with Gasteiger partial charge in [-0.25, -0.2) is 0 Å². The van der Waals surface area contributed by atoms with Crippen LogP contribution in [-0.2, 0) is 43.7 Å². The van der Waals surface area contributed by atoms with Crippen molar-refractivity contribution in [1.82, 2.24) is 0 Å². The van der Waals surface area contributed by atoms with Gasteiger partial charge in [0.15, 0.2) is 18.7 Å². The molecule has 32 heavy (non-hydrogen) atoms. The van der Waals surface area contributed by atoms with E-state index < -0.39 is 53.5 Å². The molecule has 170 valence electrons. The molecule has 0 radical (unpaired) electrons. The number of rotatable bonds is 8. The minimum absolute atomic E-state index is 0.0788. The van der Waals surface area contributed by atoms with Crippen molar-refractivity contribution in [3.05, 3.63) is 71.8 Å². The van der Waals surface area contributed by atoms with Gasteiger partial charge >= 0.3 is 16.5 Å². The van der Waals surface area contributed by atoms with Gasteiger partial charge in [-0.1, -0.05) is 60.7 Å². The summed E-state index contributed by atoms with van der Waals surface area (Å²) in [6.45, 7) is 0.187. The summed E-state index contributed by atoms with van der Waals surface area (Å²) in [5, 5.41) is 0. The third-order valence-corrected chi connectivity index (χ3v) is 5.88. The van der Waals surface area contributed by atoms with E-state index in [2.05, 4.69) is 0 Å². The van der Waals surface area contributed by atoms with Crippen LogP contribution in [0.2, 0.25) is 0 Å². The first kappa shape index (κ1) is 23.5. The zero-order valence-electron chi connectivity index (χ0n) is 16.7. The quantitative estimate of drug-likeness (QED) is 0.539. The second-order valence-corrected chi connectivity index (χ2v) is 8.50. The summed E-state index contributed by atoms with van der Waals surface area (Å²) in [4.78, 5) is 18.9. The van der Waals surface area contributed by atoms with E-state index in [1.54, 1.807) is 12.1 Å². The van der Waals surface area contributed by atoms with Crippen molar-refractivity contribution in [2.75, 3.05) is 6.61 Å². The number of hydrogen-bond acceptors (Lipinski definition) is 8. The van der Waals surface area contributed by atoms with E-state index in [9.17, 15) is 18.9 Å². The molecule has 0 spiro atoms. The summed E-state index contributed by atoms with van der Waals surface area (Å²) in [5.74, 6) is 0. The molecule has 10 nitrogen and oxygen atoms in total. The molecule has 12 heteroatoms. The van der Waals surface area contributed by atoms with Crippen LogP contribution in [0, 0.1) is 0 Å². The minimum atomic E-state index is -3.10. The van der Waals surface area contributed by atoms with Crippen LogP contribution in [0.25, 0.3) is 0 Å². The fourth-order valence-corrected chi connectivity index (χ4v) is 4.53. The lowest BCUT2D eigenvalue weighted by Crippen LogP contribution is -2.62. The monoisotopic (exact) mass is 484 g/mol. The molecule has 8 atom stereocenters. The Morgan fingerprint density at radius 1 is 0.875 bits per heavy atom. The highest BCUT2D eigenvalue weighted by Crippen LogP contribution is 2.41. The van der Waals surface area contributed by atoms with Crippen LogP contribution in [0.3, 0.4) is 0 Å². The second kappa shape index (κ2) is 11.0. The Balaban J connectivity index is 1.57. The normalized spacial score (nSPS) is 30.9. The molecule has 2 aliphatic rings. The molecule has 0 amide bonds. The van der Waals surface area contributed by atoms with Crippen molar-refractivity contribution in [3.63, 3.8) is 0 Å². The summed E-state index contributed by atoms with van der Waals surface area (Å²) in [6.07, 6.45) is -6.15. The van der Waals surface area contributed by atoms with Crippen LogP contribution in [0.15, 0.2) is 60.7 Å². The highest BCUT2D eigenvalue weighted by atomic mass is 31.1. The molecule has 4 rings (SSSR count). The Labute approximate surface area is 185 Å². The lowest BCUT2D eigenvalue weighted by Gasteiger charge is -2.45. The molecule has 0 aromatic heterocycles. The Kier molecular flexibility index (Phi) is 8.04. The fourth-order valence-electron chi connectivity index (χ4n) is 3.65. The molecule has 3 unspecified atom stereocenters. The SMILES string of the molecule is O=[P+](O)O[C@H]1[C@H]2OC(c3ccccc3)OC[C@H]2O[C@@H](OCc2ccccc2)[C@@H]1O[P+](=O)O. The largest absolute Gasteiger partial charge is 0.695 e. The van der Waals surface area contributed by atoms with Gasteiger partial charge in [0.2, 0.25) is 6.10 Å². The first-order valence-electron chi connectivity index (χ1n) is 9.80. The van der Waals surface area contributed by atoms with E-state index >= 15 is 0 Å². The molecule has 2 fully saturated rings. The van der Waals surface area contributed by atoms with Crippen molar-refractivity contribution in [3.8, 4) is 0 Å². The van der Waals surface area contributed by atoms with Gasteiger partial charge in [0.05, 0.1) is 13.2 Å². The van der Waals surface area contributed by atoms with Gasteiger partial charge in [0.25, 0.3) is 0 Å². The number of ether oxygens (including phenoxy) is 4. The van der Waals surface area contributed by atoms with E-state index in [4.69, 9.17) is 28.0 Å². The Bertz CT molecular complexity index is 915. The maximum Gasteiger partial charge on any atom is 0.695 e. The van der Waals surface area contributed by atoms with Gasteiger partial charge in [-0.05, 0) is 5.56 Å². The van der Waals surface area contributed by atoms with Gasteiger partial charge < -0.3 is 18.9 Å². The van der Waals surface area contributed by atoms with Crippen LogP contribution in [-0.4, -0.2) is 47.1 Å². The fraction of sp³-hybridized carbons (Fsp3) is 0.400. The molecular weight excluding hydrogens is 462 g/mol. The zero-order valence-corrected chi connectivity index (χ0v) is 18.5. The van der Waals surface area contributed by atoms with Gasteiger partial charge in [0.1, 0.15) is 12.2 Å². The lowest BCUT2D eigenvalue weighted by molar-refractivity contribution is -0.356. The first-order chi connectivity index (χ1) is 15.5. The topological polar surface area (TPSA) is 130 Å². The third kappa shape index (κ3) is 5.81. The molecule has 2 aromatic carbocycles. The second-order valence-electron chi connectivity index (χ2n) is 7.13. The smallest absolute Gasteiger partial charge is 0.346 e. The minimum Gasteiger partial charge on any atom is -0.346 e. The van der Waals surface area contributed by atoms with Crippen LogP contribution < -0.4 is 0 Å². The molecule has 2 saturated heterocycles. The van der Waals surface area contributed by atoms with Crippen LogP contribution in [0.4, 0.5) is 0 Å². The van der Waals surface area contributed by atoms with Crippen molar-refractivity contribution in [2.45, 2.75) is 43.6 Å².